The number of carbonyl (C=O) groups is 2. The summed E-state index contributed by atoms with van der Waals surface area (Å²) in [6.07, 6.45) is 0. The maximum atomic E-state index is 10.7. The second-order valence-corrected chi connectivity index (χ2v) is 7.71. The smallest absolute Gasteiger partial charge is 0.313 e. The minimum Gasteiger partial charge on any atom is -0.481 e. The molecule has 0 amide bonds. The Kier molecular flexibility index (Phi) is 6.00. The molecule has 2 N–H and O–H groups in total. The van der Waals surface area contributed by atoms with Gasteiger partial charge in [-0.3, -0.25) is 9.59 Å². The fourth-order valence-corrected chi connectivity index (χ4v) is 4.20. The van der Waals surface area contributed by atoms with Gasteiger partial charge in [0.05, 0.1) is 22.5 Å². The van der Waals surface area contributed by atoms with Gasteiger partial charge in [-0.1, -0.05) is 36.4 Å². The van der Waals surface area contributed by atoms with Crippen LogP contribution in [0.3, 0.4) is 0 Å². The van der Waals surface area contributed by atoms with Crippen LogP contribution in [0.2, 0.25) is 0 Å². The monoisotopic (exact) mass is 387 g/mol. The predicted octanol–water partition coefficient (Wildman–Crippen LogP) is 4.02. The van der Waals surface area contributed by atoms with Crippen molar-refractivity contribution in [1.29, 1.82) is 0 Å². The van der Waals surface area contributed by atoms with Crippen molar-refractivity contribution < 1.29 is 19.8 Å². The normalized spacial score (nSPS) is 11.1. The van der Waals surface area contributed by atoms with Crippen molar-refractivity contribution >= 4 is 57.3 Å². The van der Waals surface area contributed by atoms with Crippen LogP contribution in [0.15, 0.2) is 42.5 Å². The van der Waals surface area contributed by atoms with Crippen LogP contribution in [0.1, 0.15) is 11.1 Å². The summed E-state index contributed by atoms with van der Waals surface area (Å²) >= 11 is 2.69. The van der Waals surface area contributed by atoms with E-state index in [-0.39, 0.29) is 11.5 Å². The van der Waals surface area contributed by atoms with Crippen LogP contribution >= 0.6 is 23.5 Å². The molecule has 0 atom stereocenters. The zero-order valence-electron chi connectivity index (χ0n) is 13.8. The number of benzene rings is 2. The molecule has 26 heavy (non-hydrogen) atoms. The highest BCUT2D eigenvalue weighted by atomic mass is 32.2. The molecule has 3 rings (SSSR count). The SMILES string of the molecule is O=C(O)CSCc1cccc2cc3cccc(CSCC(=O)O)c3nc12. The van der Waals surface area contributed by atoms with Gasteiger partial charge in [-0.05, 0) is 17.2 Å². The second-order valence-electron chi connectivity index (χ2n) is 5.74. The van der Waals surface area contributed by atoms with Gasteiger partial charge in [0.15, 0.2) is 0 Å². The number of carboxylic acid groups (broad SMARTS) is 2. The van der Waals surface area contributed by atoms with Crippen LogP contribution in [-0.2, 0) is 21.1 Å². The van der Waals surface area contributed by atoms with Crippen molar-refractivity contribution in [3.8, 4) is 0 Å². The lowest BCUT2D eigenvalue weighted by Gasteiger charge is -2.10. The third kappa shape index (κ3) is 4.47. The average Bonchev–Trinajstić information content (AvgIpc) is 2.60. The molecule has 7 heteroatoms. The van der Waals surface area contributed by atoms with Gasteiger partial charge in [0.25, 0.3) is 0 Å². The van der Waals surface area contributed by atoms with Crippen LogP contribution in [0.25, 0.3) is 21.8 Å². The predicted molar refractivity (Wildman–Crippen MR) is 107 cm³/mol. The highest BCUT2D eigenvalue weighted by molar-refractivity contribution is 7.99. The molecule has 0 aliphatic heterocycles. The maximum Gasteiger partial charge on any atom is 0.313 e. The van der Waals surface area contributed by atoms with E-state index < -0.39 is 11.9 Å². The first-order valence-electron chi connectivity index (χ1n) is 7.94. The number of thioether (sulfide) groups is 2. The first kappa shape index (κ1) is 18.5. The van der Waals surface area contributed by atoms with Gasteiger partial charge in [0, 0.05) is 22.3 Å². The van der Waals surface area contributed by atoms with Gasteiger partial charge in [-0.2, -0.15) is 0 Å². The molecule has 2 aromatic carbocycles. The molecular weight excluding hydrogens is 370 g/mol. The Morgan fingerprint density at radius 2 is 1.27 bits per heavy atom. The minimum absolute atomic E-state index is 0.0566. The van der Waals surface area contributed by atoms with E-state index in [1.54, 1.807) is 0 Å². The van der Waals surface area contributed by atoms with Crippen LogP contribution < -0.4 is 0 Å². The van der Waals surface area contributed by atoms with E-state index in [4.69, 9.17) is 15.2 Å². The molecule has 0 unspecified atom stereocenters. The first-order chi connectivity index (χ1) is 12.5. The summed E-state index contributed by atoms with van der Waals surface area (Å²) in [6, 6.07) is 13.9. The van der Waals surface area contributed by atoms with Gasteiger partial charge < -0.3 is 10.2 Å². The van der Waals surface area contributed by atoms with Gasteiger partial charge in [0.2, 0.25) is 0 Å². The van der Waals surface area contributed by atoms with Crippen molar-refractivity contribution in [2.75, 3.05) is 11.5 Å². The Bertz CT molecular complexity index is 899. The van der Waals surface area contributed by atoms with Crippen LogP contribution in [-0.4, -0.2) is 38.6 Å². The summed E-state index contributed by atoms with van der Waals surface area (Å²) in [5.74, 6) is -0.379. The van der Waals surface area contributed by atoms with E-state index >= 15 is 0 Å². The summed E-state index contributed by atoms with van der Waals surface area (Å²) < 4.78 is 0. The fraction of sp³-hybridized carbons (Fsp3) is 0.211. The minimum atomic E-state index is -0.827. The van der Waals surface area contributed by atoms with E-state index in [1.807, 2.05) is 36.4 Å². The van der Waals surface area contributed by atoms with Crippen molar-refractivity contribution in [3.63, 3.8) is 0 Å². The quantitative estimate of drug-likeness (QED) is 0.564. The van der Waals surface area contributed by atoms with Crippen LogP contribution in [0, 0.1) is 0 Å². The van der Waals surface area contributed by atoms with E-state index in [1.165, 1.54) is 23.5 Å². The van der Waals surface area contributed by atoms with E-state index in [0.29, 0.717) is 11.5 Å². The average molecular weight is 387 g/mol. The Morgan fingerprint density at radius 3 is 1.69 bits per heavy atom. The summed E-state index contributed by atoms with van der Waals surface area (Å²) in [6.45, 7) is 0. The van der Waals surface area contributed by atoms with Crippen molar-refractivity contribution in [2.24, 2.45) is 0 Å². The highest BCUT2D eigenvalue weighted by Crippen LogP contribution is 2.28. The molecule has 3 aromatic rings. The highest BCUT2D eigenvalue weighted by Gasteiger charge is 2.09. The van der Waals surface area contributed by atoms with Crippen LogP contribution in [0.5, 0.6) is 0 Å². The Labute approximate surface area is 158 Å². The maximum absolute atomic E-state index is 10.7. The summed E-state index contributed by atoms with van der Waals surface area (Å²) in [4.78, 5) is 26.3. The van der Waals surface area contributed by atoms with Crippen molar-refractivity contribution in [1.82, 2.24) is 4.98 Å². The van der Waals surface area contributed by atoms with E-state index in [2.05, 4.69) is 6.07 Å². The molecule has 134 valence electrons. The Hall–Kier alpha value is -2.25. The molecule has 5 nitrogen and oxygen atoms in total. The summed E-state index contributed by atoms with van der Waals surface area (Å²) in [5.41, 5.74) is 3.74. The number of para-hydroxylation sites is 2. The number of aromatic nitrogens is 1. The molecule has 0 aliphatic rings. The number of carboxylic acids is 2. The van der Waals surface area contributed by atoms with Gasteiger partial charge in [-0.25, -0.2) is 4.98 Å². The first-order valence-corrected chi connectivity index (χ1v) is 10.2. The lowest BCUT2D eigenvalue weighted by atomic mass is 10.1. The van der Waals surface area contributed by atoms with E-state index in [0.717, 1.165) is 32.9 Å². The third-order valence-electron chi connectivity index (χ3n) is 3.80. The number of hydrogen-bond donors (Lipinski definition) is 2. The number of fused-ring (bicyclic) bond motifs is 2. The molecule has 0 spiro atoms. The molecule has 0 aliphatic carbocycles. The zero-order chi connectivity index (χ0) is 18.5. The van der Waals surface area contributed by atoms with Crippen LogP contribution in [0.4, 0.5) is 0 Å². The van der Waals surface area contributed by atoms with Gasteiger partial charge in [-0.15, -0.1) is 23.5 Å². The summed E-state index contributed by atoms with van der Waals surface area (Å²) in [5, 5.41) is 19.7. The van der Waals surface area contributed by atoms with Gasteiger partial charge in [0.1, 0.15) is 0 Å². The van der Waals surface area contributed by atoms with Gasteiger partial charge >= 0.3 is 11.9 Å². The third-order valence-corrected chi connectivity index (χ3v) is 5.73. The molecular formula is C19H17NO4S2. The Morgan fingerprint density at radius 1 is 0.808 bits per heavy atom. The van der Waals surface area contributed by atoms with Crippen molar-refractivity contribution in [2.45, 2.75) is 11.5 Å². The van der Waals surface area contributed by atoms with E-state index in [9.17, 15) is 9.59 Å². The molecule has 0 bridgehead atoms. The lowest BCUT2D eigenvalue weighted by molar-refractivity contribution is -0.134. The lowest BCUT2D eigenvalue weighted by Crippen LogP contribution is -1.99. The second kappa shape index (κ2) is 8.42. The van der Waals surface area contributed by atoms with Crippen molar-refractivity contribution in [3.05, 3.63) is 53.6 Å². The number of hydrogen-bond acceptors (Lipinski definition) is 5. The number of aliphatic carboxylic acids is 2. The molecule has 0 radical (unpaired) electrons. The zero-order valence-corrected chi connectivity index (χ0v) is 15.5. The molecule has 0 saturated carbocycles. The molecule has 0 fully saturated rings. The number of nitrogens with zero attached hydrogens (tertiary/aromatic N) is 1. The largest absolute Gasteiger partial charge is 0.481 e. The molecule has 1 aromatic heterocycles. The molecule has 0 saturated heterocycles. The number of rotatable bonds is 8. The number of pyridine rings is 1. The summed E-state index contributed by atoms with van der Waals surface area (Å²) in [7, 11) is 0. The molecule has 1 heterocycles. The topological polar surface area (TPSA) is 87.5 Å². The fourth-order valence-electron chi connectivity index (χ4n) is 2.74. The standard InChI is InChI=1S/C19H17NO4S2/c21-16(22)10-25-8-14-5-1-3-12-7-13-4-2-6-15(9-26-11-17(23)24)19(13)20-18(12)14/h1-7H,8-11H2,(H,21,22)(H,23,24). The Balaban J connectivity index is 1.97.